The fourth-order valence-electron chi connectivity index (χ4n) is 2.47. The highest BCUT2D eigenvalue weighted by Gasteiger charge is 2.36. The predicted octanol–water partition coefficient (Wildman–Crippen LogP) is 5.71. The molecule has 0 saturated heterocycles. The minimum Gasteiger partial charge on any atom is -0.321 e. The summed E-state index contributed by atoms with van der Waals surface area (Å²) < 4.78 is 42.3. The number of carbonyl (C=O) groups excluding carboxylic acids is 1. The van der Waals surface area contributed by atoms with Crippen molar-refractivity contribution < 1.29 is 18.0 Å². The van der Waals surface area contributed by atoms with Crippen molar-refractivity contribution in [3.8, 4) is 5.69 Å². The van der Waals surface area contributed by atoms with E-state index in [4.69, 9.17) is 11.6 Å². The van der Waals surface area contributed by atoms with E-state index in [1.807, 2.05) is 22.6 Å². The Morgan fingerprint density at radius 2 is 1.93 bits per heavy atom. The number of hydrogen-bond donors (Lipinski definition) is 1. The van der Waals surface area contributed by atoms with Crippen molar-refractivity contribution in [1.29, 1.82) is 0 Å². The number of carbonyl (C=O) groups is 1. The second-order valence-electron chi connectivity index (χ2n) is 5.69. The van der Waals surface area contributed by atoms with Gasteiger partial charge in [-0.15, -0.1) is 0 Å². The van der Waals surface area contributed by atoms with Gasteiger partial charge in [0.2, 0.25) is 0 Å². The van der Waals surface area contributed by atoms with Crippen molar-refractivity contribution in [2.75, 3.05) is 5.32 Å². The molecule has 2 aromatic carbocycles. The van der Waals surface area contributed by atoms with Crippen LogP contribution in [0, 0.1) is 10.5 Å². The quantitative estimate of drug-likeness (QED) is 0.464. The lowest BCUT2D eigenvalue weighted by atomic mass is 10.1. The molecule has 27 heavy (non-hydrogen) atoms. The van der Waals surface area contributed by atoms with Gasteiger partial charge in [0, 0.05) is 11.8 Å². The van der Waals surface area contributed by atoms with Gasteiger partial charge in [0.25, 0.3) is 5.91 Å². The number of benzene rings is 2. The van der Waals surface area contributed by atoms with Gasteiger partial charge in [-0.3, -0.25) is 4.79 Å². The molecule has 4 nitrogen and oxygen atoms in total. The Kier molecular flexibility index (Phi) is 5.48. The molecule has 0 saturated carbocycles. The maximum atomic E-state index is 13.5. The number of nitrogens with zero attached hydrogens (tertiary/aromatic N) is 2. The van der Waals surface area contributed by atoms with Gasteiger partial charge in [0.1, 0.15) is 0 Å². The number of alkyl halides is 3. The van der Waals surface area contributed by atoms with E-state index in [0.717, 1.165) is 6.07 Å². The zero-order chi connectivity index (χ0) is 19.8. The molecule has 0 aliphatic heterocycles. The maximum absolute atomic E-state index is 13.5. The summed E-state index contributed by atoms with van der Waals surface area (Å²) in [7, 11) is 0. The molecule has 0 aliphatic carbocycles. The van der Waals surface area contributed by atoms with Gasteiger partial charge in [0.15, 0.2) is 0 Å². The molecule has 0 unspecified atom stereocenters. The van der Waals surface area contributed by atoms with Crippen LogP contribution < -0.4 is 5.32 Å². The van der Waals surface area contributed by atoms with E-state index >= 15 is 0 Å². The van der Waals surface area contributed by atoms with Crippen LogP contribution in [0.3, 0.4) is 0 Å². The topological polar surface area (TPSA) is 46.9 Å². The number of aryl methyl sites for hydroxylation is 1. The highest BCUT2D eigenvalue weighted by atomic mass is 127. The van der Waals surface area contributed by atoms with Crippen molar-refractivity contribution in [2.45, 2.75) is 13.1 Å². The van der Waals surface area contributed by atoms with Crippen LogP contribution in [-0.4, -0.2) is 15.5 Å². The fraction of sp³-hybridized carbons (Fsp3) is 0.111. The smallest absolute Gasteiger partial charge is 0.321 e. The maximum Gasteiger partial charge on any atom is 0.417 e. The van der Waals surface area contributed by atoms with Crippen LogP contribution in [-0.2, 0) is 6.18 Å². The van der Waals surface area contributed by atoms with Gasteiger partial charge in [-0.05, 0) is 47.7 Å². The van der Waals surface area contributed by atoms with E-state index in [0.29, 0.717) is 14.8 Å². The van der Waals surface area contributed by atoms with Crippen molar-refractivity contribution in [3.63, 3.8) is 0 Å². The van der Waals surface area contributed by atoms with E-state index in [-0.39, 0.29) is 11.4 Å². The second kappa shape index (κ2) is 7.51. The Bertz CT molecular complexity index is 1000. The summed E-state index contributed by atoms with van der Waals surface area (Å²) in [6.07, 6.45) is -1.74. The molecular weight excluding hydrogens is 494 g/mol. The largest absolute Gasteiger partial charge is 0.417 e. The molecule has 1 heterocycles. The first-order valence-corrected chi connectivity index (χ1v) is 9.10. The van der Waals surface area contributed by atoms with Crippen molar-refractivity contribution in [3.05, 3.63) is 74.3 Å². The van der Waals surface area contributed by atoms with Gasteiger partial charge >= 0.3 is 6.18 Å². The Hall–Kier alpha value is -2.07. The molecule has 0 fully saturated rings. The van der Waals surface area contributed by atoms with Gasteiger partial charge in [-0.1, -0.05) is 29.8 Å². The zero-order valence-corrected chi connectivity index (χ0v) is 16.7. The van der Waals surface area contributed by atoms with E-state index < -0.39 is 22.7 Å². The number of hydrogen-bond acceptors (Lipinski definition) is 2. The van der Waals surface area contributed by atoms with Crippen LogP contribution >= 0.6 is 34.2 Å². The lowest BCUT2D eigenvalue weighted by Crippen LogP contribution is -2.16. The Labute approximate surface area is 171 Å². The fourth-order valence-corrected chi connectivity index (χ4v) is 3.83. The first kappa shape index (κ1) is 19.7. The third-order valence-corrected chi connectivity index (χ3v) is 5.21. The van der Waals surface area contributed by atoms with E-state index in [9.17, 15) is 18.0 Å². The molecule has 1 amide bonds. The SMILES string of the molecule is Cc1cn(-c2c(Cl)c(C(F)(F)F)cc(NC(=O)c3ccccc3)c2I)cn1. The molecule has 1 aromatic heterocycles. The summed E-state index contributed by atoms with van der Waals surface area (Å²) in [6, 6.07) is 9.07. The van der Waals surface area contributed by atoms with Crippen LogP contribution in [0.2, 0.25) is 5.02 Å². The van der Waals surface area contributed by atoms with Crippen LogP contribution in [0.4, 0.5) is 18.9 Å². The number of amides is 1. The van der Waals surface area contributed by atoms with Crippen LogP contribution in [0.5, 0.6) is 0 Å². The highest BCUT2D eigenvalue weighted by Crippen LogP contribution is 2.42. The molecule has 0 bridgehead atoms. The van der Waals surface area contributed by atoms with Crippen LogP contribution in [0.1, 0.15) is 21.6 Å². The molecule has 0 spiro atoms. The number of anilines is 1. The van der Waals surface area contributed by atoms with E-state index in [2.05, 4.69) is 10.3 Å². The third kappa shape index (κ3) is 4.11. The molecule has 3 aromatic rings. The lowest BCUT2D eigenvalue weighted by molar-refractivity contribution is -0.137. The molecule has 140 valence electrons. The summed E-state index contributed by atoms with van der Waals surface area (Å²) >= 11 is 7.94. The molecule has 0 atom stereocenters. The van der Waals surface area contributed by atoms with Gasteiger partial charge in [0.05, 0.1) is 37.6 Å². The predicted molar refractivity (Wildman–Crippen MR) is 105 cm³/mol. The number of nitrogens with one attached hydrogen (secondary N) is 1. The monoisotopic (exact) mass is 505 g/mol. The highest BCUT2D eigenvalue weighted by molar-refractivity contribution is 14.1. The Balaban J connectivity index is 2.15. The number of imidazole rings is 1. The summed E-state index contributed by atoms with van der Waals surface area (Å²) in [5, 5.41) is 2.09. The van der Waals surface area contributed by atoms with Crippen LogP contribution in [0.25, 0.3) is 5.69 Å². The molecule has 0 aliphatic rings. The first-order valence-electron chi connectivity index (χ1n) is 7.65. The summed E-state index contributed by atoms with van der Waals surface area (Å²) in [5.41, 5.74) is 0.0406. The lowest BCUT2D eigenvalue weighted by Gasteiger charge is -2.18. The summed E-state index contributed by atoms with van der Waals surface area (Å²) in [5.74, 6) is -0.517. The van der Waals surface area contributed by atoms with E-state index in [1.54, 1.807) is 43.5 Å². The van der Waals surface area contributed by atoms with Gasteiger partial charge < -0.3 is 9.88 Å². The molecule has 9 heteroatoms. The van der Waals surface area contributed by atoms with Crippen molar-refractivity contribution in [1.82, 2.24) is 9.55 Å². The van der Waals surface area contributed by atoms with Crippen molar-refractivity contribution in [2.24, 2.45) is 0 Å². The minimum absolute atomic E-state index is 0.0162. The van der Waals surface area contributed by atoms with E-state index in [1.165, 1.54) is 10.9 Å². The van der Waals surface area contributed by atoms with Gasteiger partial charge in [-0.25, -0.2) is 4.98 Å². The number of rotatable bonds is 3. The van der Waals surface area contributed by atoms with Gasteiger partial charge in [-0.2, -0.15) is 13.2 Å². The second-order valence-corrected chi connectivity index (χ2v) is 7.15. The molecule has 3 rings (SSSR count). The van der Waals surface area contributed by atoms with Crippen LogP contribution in [0.15, 0.2) is 48.9 Å². The number of aromatic nitrogens is 2. The van der Waals surface area contributed by atoms with Crippen molar-refractivity contribution >= 4 is 45.8 Å². The summed E-state index contributed by atoms with van der Waals surface area (Å²) in [6.45, 7) is 1.71. The molecule has 0 radical (unpaired) electrons. The average molecular weight is 506 g/mol. The Morgan fingerprint density at radius 3 is 2.48 bits per heavy atom. The normalized spacial score (nSPS) is 11.5. The first-order chi connectivity index (χ1) is 12.7. The minimum atomic E-state index is -4.68. The average Bonchev–Trinajstić information content (AvgIpc) is 3.03. The third-order valence-electron chi connectivity index (χ3n) is 3.74. The standard InChI is InChI=1S/C18H12ClF3IN3O/c1-10-8-26(9-24-10)16-14(19)12(18(20,21)22)7-13(15(16)23)25-17(27)11-5-3-2-4-6-11/h2-9H,1H3,(H,25,27). The summed E-state index contributed by atoms with van der Waals surface area (Å²) in [4.78, 5) is 16.5. The molecular formula is C18H12ClF3IN3O. The zero-order valence-electron chi connectivity index (χ0n) is 13.8. The Morgan fingerprint density at radius 1 is 1.26 bits per heavy atom. The number of halogens is 5. The molecule has 1 N–H and O–H groups in total.